The summed E-state index contributed by atoms with van der Waals surface area (Å²) in [4.78, 5) is 63.5. The number of urea groups is 1. The second-order valence-electron chi connectivity index (χ2n) is 8.41. The first-order valence-corrected chi connectivity index (χ1v) is 11.5. The number of hydrogen-bond acceptors (Lipinski definition) is 8. The lowest BCUT2D eigenvalue weighted by Crippen LogP contribution is -2.40. The van der Waals surface area contributed by atoms with Crippen LogP contribution in [0.4, 0.5) is 9.59 Å². The third kappa shape index (κ3) is 4.86. The van der Waals surface area contributed by atoms with Crippen LogP contribution in [0.5, 0.6) is 11.5 Å². The Hall–Kier alpha value is -3.54. The second-order valence-corrected chi connectivity index (χ2v) is 9.40. The molecule has 0 aliphatic carbocycles. The van der Waals surface area contributed by atoms with Gasteiger partial charge in [0.05, 0.1) is 4.91 Å². The van der Waals surface area contributed by atoms with Gasteiger partial charge in [-0.1, -0.05) is 6.07 Å². The Labute approximate surface area is 199 Å². The van der Waals surface area contributed by atoms with Crippen LogP contribution in [-0.4, -0.2) is 70.8 Å². The topological polar surface area (TPSA) is 134 Å². The van der Waals surface area contributed by atoms with Gasteiger partial charge in [0.15, 0.2) is 11.5 Å². The van der Waals surface area contributed by atoms with Crippen molar-refractivity contribution in [1.82, 2.24) is 20.4 Å². The van der Waals surface area contributed by atoms with Gasteiger partial charge in [-0.25, -0.2) is 4.79 Å². The van der Waals surface area contributed by atoms with Crippen molar-refractivity contribution in [2.45, 2.75) is 32.2 Å². The predicted octanol–water partition coefficient (Wildman–Crippen LogP) is 1.68. The largest absolute Gasteiger partial charge is 0.454 e. The zero-order chi connectivity index (χ0) is 24.5. The molecule has 2 saturated heterocycles. The lowest BCUT2D eigenvalue weighted by Gasteiger charge is -2.16. The molecule has 2 fully saturated rings. The quantitative estimate of drug-likeness (QED) is 0.417. The van der Waals surface area contributed by atoms with Gasteiger partial charge in [0, 0.05) is 26.1 Å². The zero-order valence-corrected chi connectivity index (χ0v) is 19.5. The molecule has 0 spiro atoms. The van der Waals surface area contributed by atoms with Crippen LogP contribution < -0.4 is 20.1 Å². The molecule has 1 aromatic carbocycles. The summed E-state index contributed by atoms with van der Waals surface area (Å²) in [5.41, 5.74) is -0.237. The molecule has 3 aliphatic heterocycles. The van der Waals surface area contributed by atoms with Crippen molar-refractivity contribution in [3.63, 3.8) is 0 Å². The van der Waals surface area contributed by atoms with Crippen LogP contribution in [0.2, 0.25) is 0 Å². The van der Waals surface area contributed by atoms with Crippen LogP contribution in [0.15, 0.2) is 23.1 Å². The highest BCUT2D eigenvalue weighted by molar-refractivity contribution is 8.18. The Bertz CT molecular complexity index is 1100. The van der Waals surface area contributed by atoms with Crippen LogP contribution in [-0.2, 0) is 14.4 Å². The van der Waals surface area contributed by atoms with Gasteiger partial charge in [0.2, 0.25) is 12.7 Å². The molecule has 4 rings (SSSR count). The van der Waals surface area contributed by atoms with Crippen molar-refractivity contribution in [1.29, 1.82) is 0 Å². The van der Waals surface area contributed by atoms with Crippen LogP contribution in [0.3, 0.4) is 0 Å². The Morgan fingerprint density at radius 1 is 1.15 bits per heavy atom. The smallest absolute Gasteiger partial charge is 0.325 e. The summed E-state index contributed by atoms with van der Waals surface area (Å²) < 4.78 is 10.6. The minimum atomic E-state index is -0.942. The van der Waals surface area contributed by atoms with Gasteiger partial charge >= 0.3 is 6.03 Å². The summed E-state index contributed by atoms with van der Waals surface area (Å²) in [5.74, 6) is 0.151. The molecular weight excluding hydrogens is 464 g/mol. The van der Waals surface area contributed by atoms with Crippen LogP contribution >= 0.6 is 11.8 Å². The second kappa shape index (κ2) is 9.37. The van der Waals surface area contributed by atoms with Gasteiger partial charge in [-0.2, -0.15) is 0 Å². The van der Waals surface area contributed by atoms with Crippen LogP contribution in [0, 0.1) is 0 Å². The fourth-order valence-corrected chi connectivity index (χ4v) is 4.53. The summed E-state index contributed by atoms with van der Waals surface area (Å²) in [6, 6.07) is 4.77. The van der Waals surface area contributed by atoms with E-state index in [0.717, 1.165) is 21.6 Å². The molecule has 1 aromatic rings. The molecule has 0 aromatic heterocycles. The van der Waals surface area contributed by atoms with Crippen molar-refractivity contribution < 1.29 is 33.4 Å². The maximum atomic E-state index is 12.6. The predicted molar refractivity (Wildman–Crippen MR) is 122 cm³/mol. The van der Waals surface area contributed by atoms with E-state index in [1.165, 1.54) is 0 Å². The molecule has 12 heteroatoms. The first-order chi connectivity index (χ1) is 16.2. The van der Waals surface area contributed by atoms with Gasteiger partial charge in [0.1, 0.15) is 5.54 Å². The van der Waals surface area contributed by atoms with Crippen molar-refractivity contribution in [2.24, 2.45) is 0 Å². The van der Waals surface area contributed by atoms with E-state index >= 15 is 0 Å². The number of rotatable bonds is 8. The van der Waals surface area contributed by atoms with E-state index in [4.69, 9.17) is 9.47 Å². The molecule has 6 amide bonds. The Kier molecular flexibility index (Phi) is 6.51. The monoisotopic (exact) mass is 488 g/mol. The molecule has 3 heterocycles. The summed E-state index contributed by atoms with van der Waals surface area (Å²) in [5, 5.41) is 4.83. The molecule has 0 bridgehead atoms. The zero-order valence-electron chi connectivity index (χ0n) is 18.7. The van der Waals surface area contributed by atoms with Crippen molar-refractivity contribution in [3.8, 4) is 11.5 Å². The number of thioether (sulfide) groups is 1. The first kappa shape index (κ1) is 23.6. The molecule has 0 saturated carbocycles. The number of ether oxygens (including phenoxy) is 2. The van der Waals surface area contributed by atoms with Gasteiger partial charge in [-0.15, -0.1) is 0 Å². The molecule has 11 nitrogen and oxygen atoms in total. The highest BCUT2D eigenvalue weighted by atomic mass is 32.2. The van der Waals surface area contributed by atoms with Gasteiger partial charge < -0.3 is 20.1 Å². The number of carbonyl (C=O) groups excluding carboxylic acids is 5. The van der Waals surface area contributed by atoms with E-state index in [-0.39, 0.29) is 49.6 Å². The van der Waals surface area contributed by atoms with Gasteiger partial charge in [0.25, 0.3) is 17.1 Å². The fourth-order valence-electron chi connectivity index (χ4n) is 3.66. The van der Waals surface area contributed by atoms with E-state index in [9.17, 15) is 24.0 Å². The minimum Gasteiger partial charge on any atom is -0.454 e. The van der Waals surface area contributed by atoms with E-state index in [0.29, 0.717) is 23.5 Å². The molecule has 2 N–H and O–H groups in total. The van der Waals surface area contributed by atoms with Crippen LogP contribution in [0.1, 0.15) is 32.3 Å². The third-order valence-corrected chi connectivity index (χ3v) is 6.36. The third-order valence-electron chi connectivity index (χ3n) is 5.46. The van der Waals surface area contributed by atoms with E-state index in [1.54, 1.807) is 38.1 Å². The van der Waals surface area contributed by atoms with E-state index < -0.39 is 22.7 Å². The molecule has 0 radical (unpaired) electrons. The van der Waals surface area contributed by atoms with Crippen LogP contribution in [0.25, 0.3) is 6.08 Å². The van der Waals surface area contributed by atoms with Gasteiger partial charge in [-0.05, 0) is 55.8 Å². The molecule has 0 unspecified atom stereocenters. The molecule has 180 valence electrons. The van der Waals surface area contributed by atoms with Crippen molar-refractivity contribution in [2.75, 3.05) is 26.4 Å². The molecule has 0 atom stereocenters. The summed E-state index contributed by atoms with van der Waals surface area (Å²) in [6.07, 6.45) is 2.02. The van der Waals surface area contributed by atoms with Crippen molar-refractivity contribution >= 4 is 46.8 Å². The number of benzene rings is 1. The average molecular weight is 489 g/mol. The number of carbonyl (C=O) groups is 5. The Morgan fingerprint density at radius 3 is 2.65 bits per heavy atom. The standard InChI is InChI=1S/C22H24N4O7S/c1-22(2)19(29)26(20(30)24-22)8-3-4-17(27)23-7-9-25-18(28)16(34-21(25)31)11-13-5-6-14-15(10-13)33-12-32-14/h5-6,10-11H,3-4,7-9,12H2,1-2H3,(H,23,27)(H,24,30)/b16-11-. The Balaban J connectivity index is 1.22. The fraction of sp³-hybridized carbons (Fsp3) is 0.409. The summed E-state index contributed by atoms with van der Waals surface area (Å²) >= 11 is 0.835. The summed E-state index contributed by atoms with van der Waals surface area (Å²) in [6.45, 7) is 3.66. The summed E-state index contributed by atoms with van der Waals surface area (Å²) in [7, 11) is 0. The van der Waals surface area contributed by atoms with Gasteiger partial charge in [-0.3, -0.25) is 29.0 Å². The number of hydrogen-bond donors (Lipinski definition) is 2. The van der Waals surface area contributed by atoms with E-state index in [1.807, 2.05) is 0 Å². The maximum absolute atomic E-state index is 12.6. The minimum absolute atomic E-state index is 0.0378. The van der Waals surface area contributed by atoms with Crippen molar-refractivity contribution in [3.05, 3.63) is 28.7 Å². The normalized spacial score (nSPS) is 19.9. The molecular formula is C22H24N4O7S. The molecule has 34 heavy (non-hydrogen) atoms. The number of fused-ring (bicyclic) bond motifs is 1. The number of nitrogens with one attached hydrogen (secondary N) is 2. The average Bonchev–Trinajstić information content (AvgIpc) is 3.40. The van der Waals surface area contributed by atoms with E-state index in [2.05, 4.69) is 10.6 Å². The maximum Gasteiger partial charge on any atom is 0.325 e. The SMILES string of the molecule is CC1(C)NC(=O)N(CCCC(=O)NCCN2C(=O)S/C(=C\c3ccc4c(c3)OCO4)C2=O)C1=O. The number of nitrogens with zero attached hydrogens (tertiary/aromatic N) is 2. The molecule has 3 aliphatic rings. The lowest BCUT2D eigenvalue weighted by molar-refractivity contribution is -0.130. The Morgan fingerprint density at radius 2 is 1.91 bits per heavy atom. The first-order valence-electron chi connectivity index (χ1n) is 10.7. The number of imide groups is 2. The highest BCUT2D eigenvalue weighted by Crippen LogP contribution is 2.36. The highest BCUT2D eigenvalue weighted by Gasteiger charge is 2.43. The number of amides is 6. The lowest BCUT2D eigenvalue weighted by atomic mass is 10.1.